The third-order valence-electron chi connectivity index (χ3n) is 7.39. The molecule has 2 aromatic carbocycles. The maximum Gasteiger partial charge on any atom is 0.415 e. The first-order valence-electron chi connectivity index (χ1n) is 13.2. The van der Waals surface area contributed by atoms with Gasteiger partial charge in [-0.2, -0.15) is 0 Å². The molecule has 2 aliphatic rings. The number of piperidine rings is 1. The topological polar surface area (TPSA) is 61.9 Å². The highest BCUT2D eigenvalue weighted by atomic mass is 16.6. The average molecular weight is 478 g/mol. The predicted octanol–water partition coefficient (Wildman–Crippen LogP) is 5.94. The first kappa shape index (κ1) is 25.2. The van der Waals surface area contributed by atoms with Crippen molar-refractivity contribution in [1.29, 1.82) is 0 Å². The molecule has 0 bridgehead atoms. The Labute approximate surface area is 209 Å². The van der Waals surface area contributed by atoms with Gasteiger partial charge < -0.3 is 19.9 Å². The average Bonchev–Trinajstić information content (AvgIpc) is 2.90. The molecule has 1 N–H and O–H groups in total. The Morgan fingerprint density at radius 1 is 0.943 bits per heavy atom. The van der Waals surface area contributed by atoms with Crippen molar-refractivity contribution < 1.29 is 14.3 Å². The number of carbonyl (C=O) groups is 2. The molecule has 0 spiro atoms. The molecule has 0 radical (unpaired) electrons. The zero-order chi connectivity index (χ0) is 24.5. The van der Waals surface area contributed by atoms with Gasteiger partial charge in [-0.05, 0) is 81.4 Å². The van der Waals surface area contributed by atoms with Crippen LogP contribution in [-0.2, 0) is 11.3 Å². The van der Waals surface area contributed by atoms with Crippen LogP contribution in [0.4, 0.5) is 10.5 Å². The van der Waals surface area contributed by atoms with E-state index in [0.29, 0.717) is 11.7 Å². The number of ether oxygens (including phenoxy) is 1. The first-order chi connectivity index (χ1) is 17.1. The van der Waals surface area contributed by atoms with E-state index in [2.05, 4.69) is 47.6 Å². The smallest absolute Gasteiger partial charge is 0.410 e. The number of hydrogen-bond acceptors (Lipinski definition) is 4. The summed E-state index contributed by atoms with van der Waals surface area (Å²) in [6.07, 6.45) is 8.34. The molecule has 1 saturated heterocycles. The van der Waals surface area contributed by atoms with Crippen LogP contribution in [-0.4, -0.2) is 48.5 Å². The van der Waals surface area contributed by atoms with Crippen LogP contribution in [0, 0.1) is 11.8 Å². The summed E-state index contributed by atoms with van der Waals surface area (Å²) < 4.78 is 5.60. The Morgan fingerprint density at radius 3 is 2.31 bits per heavy atom. The molecular formula is C29H39N3O3. The van der Waals surface area contributed by atoms with Gasteiger partial charge in [0.05, 0.1) is 0 Å². The molecule has 4 rings (SSSR count). The number of carbonyl (C=O) groups excluding carboxylic acids is 2. The second kappa shape index (κ2) is 12.7. The van der Waals surface area contributed by atoms with E-state index in [-0.39, 0.29) is 17.9 Å². The second-order valence-corrected chi connectivity index (χ2v) is 10.2. The molecule has 6 heteroatoms. The van der Waals surface area contributed by atoms with Crippen LogP contribution in [0.3, 0.4) is 0 Å². The molecule has 188 valence electrons. The van der Waals surface area contributed by atoms with Crippen LogP contribution >= 0.6 is 0 Å². The molecule has 35 heavy (non-hydrogen) atoms. The van der Waals surface area contributed by atoms with Crippen molar-refractivity contribution in [3.05, 3.63) is 60.2 Å². The number of benzene rings is 2. The van der Waals surface area contributed by atoms with Crippen LogP contribution in [0.1, 0.15) is 56.9 Å². The molecule has 1 heterocycles. The predicted molar refractivity (Wildman–Crippen MR) is 139 cm³/mol. The highest BCUT2D eigenvalue weighted by Crippen LogP contribution is 2.26. The zero-order valence-electron chi connectivity index (χ0n) is 21.0. The summed E-state index contributed by atoms with van der Waals surface area (Å²) in [6.45, 7) is 3.51. The highest BCUT2D eigenvalue weighted by Gasteiger charge is 2.24. The van der Waals surface area contributed by atoms with E-state index in [1.165, 1.54) is 12.0 Å². The lowest BCUT2D eigenvalue weighted by atomic mass is 9.88. The third-order valence-corrected chi connectivity index (χ3v) is 7.39. The van der Waals surface area contributed by atoms with Crippen LogP contribution in [0.15, 0.2) is 54.6 Å². The molecule has 0 atom stereocenters. The van der Waals surface area contributed by atoms with Crippen LogP contribution in [0.2, 0.25) is 0 Å². The third kappa shape index (κ3) is 7.82. The standard InChI is InChI=1S/C29H39N3O3/c1-31(22-24-8-4-2-5-9-24)19-16-23-17-20-32(21-18-23)29(34)35-27-14-12-26(13-15-27)30-28(33)25-10-6-3-7-11-25/h2,4-5,8-9,12-15,23,25H,3,6-7,10-11,16-22H2,1H3,(H,30,33). The number of hydrogen-bond donors (Lipinski definition) is 1. The van der Waals surface area contributed by atoms with Crippen molar-refractivity contribution in [2.24, 2.45) is 11.8 Å². The molecule has 1 saturated carbocycles. The Morgan fingerprint density at radius 2 is 1.63 bits per heavy atom. The van der Waals surface area contributed by atoms with E-state index >= 15 is 0 Å². The fraction of sp³-hybridized carbons (Fsp3) is 0.517. The van der Waals surface area contributed by atoms with Crippen LogP contribution < -0.4 is 10.1 Å². The largest absolute Gasteiger partial charge is 0.415 e. The van der Waals surface area contributed by atoms with E-state index in [1.807, 2.05) is 17.0 Å². The molecule has 2 aromatic rings. The lowest BCUT2D eigenvalue weighted by Gasteiger charge is -2.32. The van der Waals surface area contributed by atoms with Gasteiger partial charge in [-0.3, -0.25) is 4.79 Å². The zero-order valence-corrected chi connectivity index (χ0v) is 21.0. The summed E-state index contributed by atoms with van der Waals surface area (Å²) in [5.41, 5.74) is 2.09. The van der Waals surface area contributed by atoms with Gasteiger partial charge >= 0.3 is 6.09 Å². The molecular weight excluding hydrogens is 438 g/mol. The summed E-state index contributed by atoms with van der Waals surface area (Å²) in [4.78, 5) is 29.2. The maximum atomic E-state index is 12.6. The minimum Gasteiger partial charge on any atom is -0.410 e. The number of amides is 2. The van der Waals surface area contributed by atoms with Crippen LogP contribution in [0.5, 0.6) is 5.75 Å². The van der Waals surface area contributed by atoms with Crippen molar-refractivity contribution in [3.63, 3.8) is 0 Å². The Hall–Kier alpha value is -2.86. The van der Waals surface area contributed by atoms with Gasteiger partial charge in [0, 0.05) is 31.2 Å². The first-order valence-corrected chi connectivity index (χ1v) is 13.2. The van der Waals surface area contributed by atoms with Gasteiger partial charge in [0.25, 0.3) is 0 Å². The fourth-order valence-corrected chi connectivity index (χ4v) is 5.16. The molecule has 2 fully saturated rings. The van der Waals surface area contributed by atoms with Gasteiger partial charge in [0.15, 0.2) is 0 Å². The van der Waals surface area contributed by atoms with E-state index in [9.17, 15) is 9.59 Å². The molecule has 2 amide bonds. The summed E-state index contributed by atoms with van der Waals surface area (Å²) in [6, 6.07) is 17.7. The van der Waals surface area contributed by atoms with Crippen molar-refractivity contribution in [1.82, 2.24) is 9.80 Å². The minimum absolute atomic E-state index is 0.101. The SMILES string of the molecule is CN(CCC1CCN(C(=O)Oc2ccc(NC(=O)C3CCCCC3)cc2)CC1)Cc1ccccc1. The normalized spacial score (nSPS) is 17.4. The van der Waals surface area contributed by atoms with Gasteiger partial charge in [-0.1, -0.05) is 49.6 Å². The number of rotatable bonds is 8. The highest BCUT2D eigenvalue weighted by molar-refractivity contribution is 5.92. The van der Waals surface area contributed by atoms with Gasteiger partial charge in [-0.15, -0.1) is 0 Å². The Bertz CT molecular complexity index is 933. The Balaban J connectivity index is 1.15. The fourth-order valence-electron chi connectivity index (χ4n) is 5.16. The number of nitrogens with one attached hydrogen (secondary N) is 1. The van der Waals surface area contributed by atoms with Gasteiger partial charge in [0.2, 0.25) is 5.91 Å². The van der Waals surface area contributed by atoms with E-state index in [1.54, 1.807) is 12.1 Å². The van der Waals surface area contributed by atoms with E-state index in [0.717, 1.165) is 76.8 Å². The van der Waals surface area contributed by atoms with Gasteiger partial charge in [-0.25, -0.2) is 4.79 Å². The molecule has 0 aromatic heterocycles. The molecule has 6 nitrogen and oxygen atoms in total. The monoisotopic (exact) mass is 477 g/mol. The van der Waals surface area contributed by atoms with Crippen molar-refractivity contribution in [3.8, 4) is 5.75 Å². The number of anilines is 1. The maximum absolute atomic E-state index is 12.6. The lowest BCUT2D eigenvalue weighted by Crippen LogP contribution is -2.40. The van der Waals surface area contributed by atoms with Crippen LogP contribution in [0.25, 0.3) is 0 Å². The van der Waals surface area contributed by atoms with Gasteiger partial charge in [0.1, 0.15) is 5.75 Å². The summed E-state index contributed by atoms with van der Waals surface area (Å²) in [7, 11) is 2.17. The second-order valence-electron chi connectivity index (χ2n) is 10.2. The Kier molecular flexibility index (Phi) is 9.18. The lowest BCUT2D eigenvalue weighted by molar-refractivity contribution is -0.120. The van der Waals surface area contributed by atoms with E-state index in [4.69, 9.17) is 4.74 Å². The number of nitrogens with zero attached hydrogens (tertiary/aromatic N) is 2. The number of likely N-dealkylation sites (tertiary alicyclic amines) is 1. The van der Waals surface area contributed by atoms with Crippen molar-refractivity contribution in [2.45, 2.75) is 57.9 Å². The molecule has 1 aliphatic heterocycles. The van der Waals surface area contributed by atoms with E-state index < -0.39 is 0 Å². The molecule has 1 aliphatic carbocycles. The summed E-state index contributed by atoms with van der Waals surface area (Å²) >= 11 is 0. The van der Waals surface area contributed by atoms with Crippen molar-refractivity contribution in [2.75, 3.05) is 32.0 Å². The summed E-state index contributed by atoms with van der Waals surface area (Å²) in [5, 5.41) is 3.00. The quantitative estimate of drug-likeness (QED) is 0.511. The summed E-state index contributed by atoms with van der Waals surface area (Å²) in [5.74, 6) is 1.37. The minimum atomic E-state index is -0.288. The molecule has 0 unspecified atom stereocenters. The van der Waals surface area contributed by atoms with Crippen molar-refractivity contribution >= 4 is 17.7 Å².